The van der Waals surface area contributed by atoms with Crippen molar-refractivity contribution in [2.45, 2.75) is 13.8 Å². The topological polar surface area (TPSA) is 0 Å². The van der Waals surface area contributed by atoms with Crippen LogP contribution in [0, 0.1) is 23.7 Å². The molecule has 0 spiro atoms. The van der Waals surface area contributed by atoms with Crippen molar-refractivity contribution in [1.82, 2.24) is 0 Å². The minimum atomic E-state index is 1.05. The fourth-order valence-electron chi connectivity index (χ4n) is 2.54. The maximum atomic E-state index is 3.10. The van der Waals surface area contributed by atoms with E-state index in [1.54, 1.807) is 0 Å². The van der Waals surface area contributed by atoms with Gasteiger partial charge in [-0.15, -0.1) is 11.8 Å². The van der Waals surface area contributed by atoms with Gasteiger partial charge >= 0.3 is 0 Å². The fourth-order valence-corrected chi connectivity index (χ4v) is 2.54. The van der Waals surface area contributed by atoms with Gasteiger partial charge in [0, 0.05) is 11.1 Å². The fraction of sp³-hybridized carbons (Fsp3) is 0.0909. The number of hydrogen-bond acceptors (Lipinski definition) is 0. The van der Waals surface area contributed by atoms with Crippen molar-refractivity contribution in [3.63, 3.8) is 0 Å². The van der Waals surface area contributed by atoms with Crippen LogP contribution in [0.25, 0.3) is 21.9 Å². The van der Waals surface area contributed by atoms with Crippen LogP contribution in [0.2, 0.25) is 0 Å². The lowest BCUT2D eigenvalue weighted by molar-refractivity contribution is 1.60. The lowest BCUT2D eigenvalue weighted by atomic mass is 9.99. The summed E-state index contributed by atoms with van der Waals surface area (Å²) in [6.07, 6.45) is 0. The molecule has 0 unspecified atom stereocenters. The third-order valence-electron chi connectivity index (χ3n) is 3.60. The highest BCUT2D eigenvalue weighted by Crippen LogP contribution is 2.25. The van der Waals surface area contributed by atoms with Gasteiger partial charge in [-0.3, -0.25) is 0 Å². The second-order valence-electron chi connectivity index (χ2n) is 5.10. The minimum Gasteiger partial charge on any atom is -0.101 e. The lowest BCUT2D eigenvalue weighted by Gasteiger charge is -2.05. The van der Waals surface area contributed by atoms with Gasteiger partial charge in [-0.2, -0.15) is 0 Å². The van der Waals surface area contributed by atoms with Gasteiger partial charge in [0.05, 0.1) is 0 Å². The third kappa shape index (κ3) is 2.88. The Bertz CT molecular complexity index is 936. The molecule has 0 amide bonds. The Kier molecular flexibility index (Phi) is 3.95. The van der Waals surface area contributed by atoms with E-state index in [9.17, 15) is 0 Å². The van der Waals surface area contributed by atoms with Gasteiger partial charge in [0.1, 0.15) is 0 Å². The second-order valence-corrected chi connectivity index (χ2v) is 5.10. The van der Waals surface area contributed by atoms with Crippen molar-refractivity contribution in [2.75, 3.05) is 0 Å². The predicted octanol–water partition coefficient (Wildman–Crippen LogP) is 5.25. The lowest BCUT2D eigenvalue weighted by Crippen LogP contribution is -1.82. The van der Waals surface area contributed by atoms with E-state index < -0.39 is 0 Å². The maximum absolute atomic E-state index is 3.10. The van der Waals surface area contributed by atoms with Crippen LogP contribution in [-0.2, 0) is 0 Å². The Morgan fingerprint density at radius 1 is 0.545 bits per heavy atom. The van der Waals surface area contributed by atoms with Crippen LogP contribution in [-0.4, -0.2) is 0 Å². The summed E-state index contributed by atoms with van der Waals surface area (Å²) in [6.45, 7) is 3.72. The summed E-state index contributed by atoms with van der Waals surface area (Å²) in [4.78, 5) is 0. The first-order chi connectivity index (χ1) is 10.8. The molecule has 0 N–H and O–H groups in total. The quantitative estimate of drug-likeness (QED) is 0.534. The van der Waals surface area contributed by atoms with Crippen molar-refractivity contribution in [1.29, 1.82) is 0 Å². The molecule has 104 valence electrons. The van der Waals surface area contributed by atoms with Gasteiger partial charge in [0.25, 0.3) is 0 Å². The molecule has 0 heteroatoms. The molecule has 3 rings (SSSR count). The van der Waals surface area contributed by atoms with Crippen molar-refractivity contribution < 1.29 is 0 Å². The number of hydrogen-bond donors (Lipinski definition) is 0. The third-order valence-corrected chi connectivity index (χ3v) is 3.60. The molecule has 22 heavy (non-hydrogen) atoms. The standard InChI is InChI=1S/C22H16/c1-3-5-17-7-10-19(11-8-17)21-14-13-20-15-18(6-4-2)9-12-22(20)16-21/h7-16H,1-2H3. The first-order valence-electron chi connectivity index (χ1n) is 7.30. The van der Waals surface area contributed by atoms with E-state index in [2.05, 4.69) is 84.3 Å². The van der Waals surface area contributed by atoms with Gasteiger partial charge in [-0.1, -0.05) is 42.2 Å². The molecule has 0 aliphatic carbocycles. The van der Waals surface area contributed by atoms with E-state index in [-0.39, 0.29) is 0 Å². The van der Waals surface area contributed by atoms with E-state index >= 15 is 0 Å². The number of benzene rings is 3. The largest absolute Gasteiger partial charge is 0.101 e. The Labute approximate surface area is 131 Å². The molecule has 0 atom stereocenters. The predicted molar refractivity (Wildman–Crippen MR) is 94.5 cm³/mol. The second kappa shape index (κ2) is 6.21. The summed E-state index contributed by atoms with van der Waals surface area (Å²) in [7, 11) is 0. The van der Waals surface area contributed by atoms with Crippen molar-refractivity contribution in [3.8, 4) is 34.8 Å². The average molecular weight is 280 g/mol. The summed E-state index contributed by atoms with van der Waals surface area (Å²) in [5.41, 5.74) is 4.54. The van der Waals surface area contributed by atoms with Crippen LogP contribution in [0.15, 0.2) is 60.7 Å². The Balaban J connectivity index is 2.01. The van der Waals surface area contributed by atoms with Crippen LogP contribution in [0.3, 0.4) is 0 Å². The molecule has 3 aromatic carbocycles. The van der Waals surface area contributed by atoms with E-state index in [4.69, 9.17) is 0 Å². The zero-order valence-electron chi connectivity index (χ0n) is 12.8. The van der Waals surface area contributed by atoms with E-state index in [0.29, 0.717) is 0 Å². The minimum absolute atomic E-state index is 1.05. The molecule has 0 aliphatic rings. The average Bonchev–Trinajstić information content (AvgIpc) is 2.56. The summed E-state index contributed by atoms with van der Waals surface area (Å²) in [5, 5.41) is 2.45. The zero-order chi connectivity index (χ0) is 15.4. The molecular weight excluding hydrogens is 264 g/mol. The van der Waals surface area contributed by atoms with Crippen LogP contribution in [0.5, 0.6) is 0 Å². The Morgan fingerprint density at radius 3 is 1.82 bits per heavy atom. The van der Waals surface area contributed by atoms with Crippen LogP contribution in [0.1, 0.15) is 25.0 Å². The molecule has 0 heterocycles. The molecule has 0 aliphatic heterocycles. The van der Waals surface area contributed by atoms with Crippen molar-refractivity contribution in [3.05, 3.63) is 71.8 Å². The molecule has 0 radical (unpaired) electrons. The van der Waals surface area contributed by atoms with Gasteiger partial charge in [0.2, 0.25) is 0 Å². The SMILES string of the molecule is CC#Cc1ccc(-c2ccc3cc(C#CC)ccc3c2)cc1. The Morgan fingerprint density at radius 2 is 1.09 bits per heavy atom. The molecular formula is C22H16. The summed E-state index contributed by atoms with van der Waals surface area (Å²) in [6, 6.07) is 21.3. The van der Waals surface area contributed by atoms with Crippen LogP contribution in [0.4, 0.5) is 0 Å². The zero-order valence-corrected chi connectivity index (χ0v) is 12.8. The van der Waals surface area contributed by atoms with E-state index in [0.717, 1.165) is 11.1 Å². The van der Waals surface area contributed by atoms with Gasteiger partial charge < -0.3 is 0 Å². The van der Waals surface area contributed by atoms with Gasteiger partial charge in [-0.05, 0) is 66.1 Å². The van der Waals surface area contributed by atoms with Crippen molar-refractivity contribution in [2.24, 2.45) is 0 Å². The highest BCUT2D eigenvalue weighted by molar-refractivity contribution is 5.88. The maximum Gasteiger partial charge on any atom is 0.0251 e. The summed E-state index contributed by atoms with van der Waals surface area (Å²) < 4.78 is 0. The molecule has 0 aromatic heterocycles. The number of rotatable bonds is 1. The van der Waals surface area contributed by atoms with Gasteiger partial charge in [-0.25, -0.2) is 0 Å². The summed E-state index contributed by atoms with van der Waals surface area (Å²) >= 11 is 0. The van der Waals surface area contributed by atoms with Crippen LogP contribution >= 0.6 is 0 Å². The monoisotopic (exact) mass is 280 g/mol. The molecule has 0 fully saturated rings. The summed E-state index contributed by atoms with van der Waals surface area (Å²) in [5.74, 6) is 12.0. The molecule has 0 saturated carbocycles. The first-order valence-corrected chi connectivity index (χ1v) is 7.30. The molecule has 0 nitrogen and oxygen atoms in total. The van der Waals surface area contributed by atoms with E-state index in [1.165, 1.54) is 21.9 Å². The number of fused-ring (bicyclic) bond motifs is 1. The highest BCUT2D eigenvalue weighted by atomic mass is 14.0. The van der Waals surface area contributed by atoms with Crippen molar-refractivity contribution >= 4 is 10.8 Å². The molecule has 3 aromatic rings. The Hall–Kier alpha value is -2.96. The molecule has 0 bridgehead atoms. The molecule has 0 saturated heterocycles. The first kappa shape index (κ1) is 14.0. The normalized spacial score (nSPS) is 9.55. The van der Waals surface area contributed by atoms with Gasteiger partial charge in [0.15, 0.2) is 0 Å². The van der Waals surface area contributed by atoms with Crippen LogP contribution < -0.4 is 0 Å². The smallest absolute Gasteiger partial charge is 0.0251 e. The highest BCUT2D eigenvalue weighted by Gasteiger charge is 2.01. The van der Waals surface area contributed by atoms with E-state index in [1.807, 2.05) is 13.8 Å².